The van der Waals surface area contributed by atoms with Gasteiger partial charge in [0.1, 0.15) is 0 Å². The molecule has 2 saturated heterocycles. The van der Waals surface area contributed by atoms with E-state index in [-0.39, 0.29) is 5.92 Å². The van der Waals surface area contributed by atoms with E-state index < -0.39 is 0 Å². The number of carbonyl (C=O) groups excluding carboxylic acids is 1. The molecule has 0 amide bonds. The predicted octanol–water partition coefficient (Wildman–Crippen LogP) is 1.42. The number of hydrogen-bond acceptors (Lipinski definition) is 4. The Kier molecular flexibility index (Phi) is 3.93. The lowest BCUT2D eigenvalue weighted by molar-refractivity contribution is -0.124. The zero-order chi connectivity index (χ0) is 11.6. The second kappa shape index (κ2) is 5.07. The summed E-state index contributed by atoms with van der Waals surface area (Å²) in [5.74, 6) is 1.68. The summed E-state index contributed by atoms with van der Waals surface area (Å²) in [6.07, 6.45) is 0.921. The molecule has 0 bridgehead atoms. The average Bonchev–Trinajstić information content (AvgIpc) is 2.68. The fourth-order valence-electron chi connectivity index (χ4n) is 2.39. The first-order chi connectivity index (χ1) is 7.57. The zero-order valence-corrected chi connectivity index (χ0v) is 11.0. The minimum atomic E-state index is 0.165. The molecule has 2 aliphatic heterocycles. The van der Waals surface area contributed by atoms with Gasteiger partial charge in [0.2, 0.25) is 0 Å². The number of rotatable bonds is 3. The largest absolute Gasteiger partial charge is 0.381 e. The maximum Gasteiger partial charge on any atom is 0.152 e. The minimum Gasteiger partial charge on any atom is -0.381 e. The fourth-order valence-corrected chi connectivity index (χ4v) is 3.56. The van der Waals surface area contributed by atoms with Crippen molar-refractivity contribution in [2.45, 2.75) is 25.0 Å². The van der Waals surface area contributed by atoms with E-state index in [0.29, 0.717) is 23.7 Å². The van der Waals surface area contributed by atoms with E-state index in [1.54, 1.807) is 0 Å². The molecule has 0 spiro atoms. The SMILES string of the molecule is CC1(C)CN(CC(=O)C2CCOC2)CCS1. The third-order valence-corrected chi connectivity index (χ3v) is 4.57. The molecule has 4 heteroatoms. The lowest BCUT2D eigenvalue weighted by Gasteiger charge is -2.37. The van der Waals surface area contributed by atoms with Crippen molar-refractivity contribution in [2.24, 2.45) is 5.92 Å². The van der Waals surface area contributed by atoms with Gasteiger partial charge in [-0.1, -0.05) is 0 Å². The number of carbonyl (C=O) groups is 1. The maximum atomic E-state index is 12.0. The van der Waals surface area contributed by atoms with Crippen molar-refractivity contribution >= 4 is 17.5 Å². The Hall–Kier alpha value is -0.0600. The van der Waals surface area contributed by atoms with E-state index in [0.717, 1.165) is 31.9 Å². The van der Waals surface area contributed by atoms with Gasteiger partial charge in [0.05, 0.1) is 13.2 Å². The molecule has 0 radical (unpaired) electrons. The van der Waals surface area contributed by atoms with Crippen LogP contribution in [0.3, 0.4) is 0 Å². The van der Waals surface area contributed by atoms with Crippen LogP contribution in [0.25, 0.3) is 0 Å². The van der Waals surface area contributed by atoms with E-state index in [9.17, 15) is 4.79 Å². The molecule has 92 valence electrons. The minimum absolute atomic E-state index is 0.165. The van der Waals surface area contributed by atoms with Gasteiger partial charge in [-0.2, -0.15) is 11.8 Å². The fraction of sp³-hybridized carbons (Fsp3) is 0.917. The molecule has 0 aliphatic carbocycles. The Morgan fingerprint density at radius 2 is 2.38 bits per heavy atom. The van der Waals surface area contributed by atoms with Crippen molar-refractivity contribution in [3.05, 3.63) is 0 Å². The summed E-state index contributed by atoms with van der Waals surface area (Å²) >= 11 is 2.01. The lowest BCUT2D eigenvalue weighted by atomic mass is 10.0. The van der Waals surface area contributed by atoms with Gasteiger partial charge in [0.25, 0.3) is 0 Å². The highest BCUT2D eigenvalue weighted by atomic mass is 32.2. The third kappa shape index (κ3) is 3.22. The molecule has 0 aromatic rings. The second-order valence-corrected chi connectivity index (χ2v) is 7.15. The van der Waals surface area contributed by atoms with Crippen molar-refractivity contribution in [2.75, 3.05) is 38.6 Å². The van der Waals surface area contributed by atoms with Crippen molar-refractivity contribution in [1.82, 2.24) is 4.90 Å². The number of ether oxygens (including phenoxy) is 1. The van der Waals surface area contributed by atoms with Gasteiger partial charge in [0.15, 0.2) is 5.78 Å². The summed E-state index contributed by atoms with van der Waals surface area (Å²) in [5.41, 5.74) is 0. The highest BCUT2D eigenvalue weighted by Gasteiger charge is 2.30. The molecule has 16 heavy (non-hydrogen) atoms. The Morgan fingerprint density at radius 3 is 3.00 bits per heavy atom. The van der Waals surface area contributed by atoms with Crippen LogP contribution in [0.15, 0.2) is 0 Å². The molecule has 0 saturated carbocycles. The first-order valence-corrected chi connectivity index (χ1v) is 7.02. The standard InChI is InChI=1S/C12H21NO2S/c1-12(2)9-13(4-6-16-12)7-11(14)10-3-5-15-8-10/h10H,3-9H2,1-2H3. The Labute approximate surface area is 102 Å². The third-order valence-electron chi connectivity index (χ3n) is 3.27. The van der Waals surface area contributed by atoms with Crippen molar-refractivity contribution in [1.29, 1.82) is 0 Å². The normalized spacial score (nSPS) is 30.5. The van der Waals surface area contributed by atoms with Crippen LogP contribution in [0.1, 0.15) is 20.3 Å². The number of Topliss-reactive ketones (excluding diaryl/α,β-unsaturated/α-hetero) is 1. The van der Waals surface area contributed by atoms with E-state index in [2.05, 4.69) is 18.7 Å². The van der Waals surface area contributed by atoms with Crippen LogP contribution in [0.2, 0.25) is 0 Å². The van der Waals surface area contributed by atoms with Gasteiger partial charge in [-0.15, -0.1) is 0 Å². The number of thioether (sulfide) groups is 1. The summed E-state index contributed by atoms with van der Waals surface area (Å²) in [4.78, 5) is 14.3. The molecular formula is C12H21NO2S. The van der Waals surface area contributed by atoms with Gasteiger partial charge >= 0.3 is 0 Å². The summed E-state index contributed by atoms with van der Waals surface area (Å²) in [5, 5.41) is 0. The lowest BCUT2D eigenvalue weighted by Crippen LogP contribution is -2.46. The number of ketones is 1. The molecule has 2 rings (SSSR count). The van der Waals surface area contributed by atoms with E-state index in [1.807, 2.05) is 11.8 Å². The van der Waals surface area contributed by atoms with Crippen molar-refractivity contribution in [3.8, 4) is 0 Å². The molecule has 2 aliphatic rings. The van der Waals surface area contributed by atoms with Crippen LogP contribution < -0.4 is 0 Å². The van der Waals surface area contributed by atoms with Gasteiger partial charge in [-0.05, 0) is 20.3 Å². The van der Waals surface area contributed by atoms with E-state index >= 15 is 0 Å². The van der Waals surface area contributed by atoms with Crippen LogP contribution in [-0.4, -0.2) is 54.0 Å². The van der Waals surface area contributed by atoms with Gasteiger partial charge in [-0.3, -0.25) is 9.69 Å². The molecule has 0 N–H and O–H groups in total. The average molecular weight is 243 g/mol. The topological polar surface area (TPSA) is 29.5 Å². The molecule has 3 nitrogen and oxygen atoms in total. The highest BCUT2D eigenvalue weighted by Crippen LogP contribution is 2.29. The molecule has 1 unspecified atom stereocenters. The van der Waals surface area contributed by atoms with Crippen LogP contribution in [0, 0.1) is 5.92 Å². The quantitative estimate of drug-likeness (QED) is 0.750. The van der Waals surface area contributed by atoms with Gasteiger partial charge < -0.3 is 4.74 Å². The van der Waals surface area contributed by atoms with Crippen molar-refractivity contribution < 1.29 is 9.53 Å². The van der Waals surface area contributed by atoms with Crippen LogP contribution in [0.4, 0.5) is 0 Å². The molecule has 0 aromatic carbocycles. The van der Waals surface area contributed by atoms with Crippen LogP contribution in [0.5, 0.6) is 0 Å². The second-order valence-electron chi connectivity index (χ2n) is 5.35. The smallest absolute Gasteiger partial charge is 0.152 e. The van der Waals surface area contributed by atoms with Crippen LogP contribution >= 0.6 is 11.8 Å². The first kappa shape index (κ1) is 12.4. The molecular weight excluding hydrogens is 222 g/mol. The van der Waals surface area contributed by atoms with Gasteiger partial charge in [-0.25, -0.2) is 0 Å². The Bertz CT molecular complexity index is 262. The highest BCUT2D eigenvalue weighted by molar-refractivity contribution is 8.00. The van der Waals surface area contributed by atoms with Crippen molar-refractivity contribution in [3.63, 3.8) is 0 Å². The Balaban J connectivity index is 1.82. The van der Waals surface area contributed by atoms with Gasteiger partial charge in [0, 0.05) is 36.1 Å². The number of nitrogens with zero attached hydrogens (tertiary/aromatic N) is 1. The molecule has 2 fully saturated rings. The van der Waals surface area contributed by atoms with E-state index in [1.165, 1.54) is 0 Å². The summed E-state index contributed by atoms with van der Waals surface area (Å²) in [7, 11) is 0. The summed E-state index contributed by atoms with van der Waals surface area (Å²) in [6, 6.07) is 0. The Morgan fingerprint density at radius 1 is 1.56 bits per heavy atom. The maximum absolute atomic E-state index is 12.0. The van der Waals surface area contributed by atoms with E-state index in [4.69, 9.17) is 4.74 Å². The molecule has 0 aromatic heterocycles. The number of hydrogen-bond donors (Lipinski definition) is 0. The van der Waals surface area contributed by atoms with Crippen LogP contribution in [-0.2, 0) is 9.53 Å². The monoisotopic (exact) mass is 243 g/mol. The zero-order valence-electron chi connectivity index (χ0n) is 10.2. The first-order valence-electron chi connectivity index (χ1n) is 6.04. The molecule has 2 heterocycles. The predicted molar refractivity (Wildman–Crippen MR) is 66.9 cm³/mol. The summed E-state index contributed by atoms with van der Waals surface area (Å²) < 4.78 is 5.56. The molecule has 1 atom stereocenters. The summed E-state index contributed by atoms with van der Waals surface area (Å²) in [6.45, 7) is 8.62.